The second kappa shape index (κ2) is 8.38. The van der Waals surface area contributed by atoms with Crippen LogP contribution in [0.25, 0.3) is 0 Å². The van der Waals surface area contributed by atoms with Gasteiger partial charge in [-0.05, 0) is 37.1 Å². The molecule has 1 N–H and O–H groups in total. The largest absolute Gasteiger partial charge is 0.489 e. The fraction of sp³-hybridized carbons (Fsp3) is 0.316. The number of hydrogen-bond acceptors (Lipinski definition) is 8. The van der Waals surface area contributed by atoms with Crippen LogP contribution in [0.5, 0.6) is 11.6 Å². The van der Waals surface area contributed by atoms with E-state index in [1.165, 1.54) is 0 Å². The predicted molar refractivity (Wildman–Crippen MR) is 109 cm³/mol. The van der Waals surface area contributed by atoms with Gasteiger partial charge in [-0.25, -0.2) is 9.98 Å². The Morgan fingerprint density at radius 1 is 1.14 bits per heavy atom. The first-order chi connectivity index (χ1) is 13.4. The van der Waals surface area contributed by atoms with Crippen molar-refractivity contribution >= 4 is 35.3 Å². The van der Waals surface area contributed by atoms with Gasteiger partial charge in [0.05, 0.1) is 12.4 Å². The molecule has 2 unspecified atom stereocenters. The molecule has 1 saturated heterocycles. The number of rotatable bonds is 6. The summed E-state index contributed by atoms with van der Waals surface area (Å²) in [4.78, 5) is 36.3. The third-order valence-corrected chi connectivity index (χ3v) is 5.35. The molecule has 10 heteroatoms. The van der Waals surface area contributed by atoms with Crippen molar-refractivity contribution in [3.05, 3.63) is 52.8 Å². The van der Waals surface area contributed by atoms with Crippen molar-refractivity contribution in [2.75, 3.05) is 13.7 Å². The van der Waals surface area contributed by atoms with E-state index in [9.17, 15) is 9.59 Å². The van der Waals surface area contributed by atoms with E-state index < -0.39 is 5.66 Å². The van der Waals surface area contributed by atoms with Gasteiger partial charge in [-0.15, -0.1) is 12.4 Å². The SMILES string of the molecule is COc1ccc2c(n1)=NC(C)(COc1ccc(CC3SC(=O)NC3=O)cc1)N=2.Cl. The molecule has 0 saturated carbocycles. The highest BCUT2D eigenvalue weighted by atomic mass is 35.5. The molecule has 1 fully saturated rings. The first-order valence-electron chi connectivity index (χ1n) is 8.68. The minimum Gasteiger partial charge on any atom is -0.489 e. The van der Waals surface area contributed by atoms with Gasteiger partial charge in [-0.1, -0.05) is 23.9 Å². The summed E-state index contributed by atoms with van der Waals surface area (Å²) in [5.74, 6) is 0.934. The van der Waals surface area contributed by atoms with E-state index in [1.807, 2.05) is 37.3 Å². The number of ether oxygens (including phenoxy) is 2. The molecule has 2 amide bonds. The molecule has 2 atom stereocenters. The number of imide groups is 1. The third-order valence-electron chi connectivity index (χ3n) is 4.37. The quantitative estimate of drug-likeness (QED) is 0.738. The molecule has 2 aliphatic heterocycles. The second-order valence-corrected chi connectivity index (χ2v) is 7.83. The molecule has 0 spiro atoms. The molecule has 0 aliphatic carbocycles. The van der Waals surface area contributed by atoms with E-state index in [4.69, 9.17) is 9.47 Å². The van der Waals surface area contributed by atoms with Crippen molar-refractivity contribution in [1.29, 1.82) is 0 Å². The average Bonchev–Trinajstić information content (AvgIpc) is 3.18. The maximum absolute atomic E-state index is 11.7. The van der Waals surface area contributed by atoms with Gasteiger partial charge in [-0.3, -0.25) is 14.9 Å². The fourth-order valence-electron chi connectivity index (χ4n) is 2.97. The van der Waals surface area contributed by atoms with Crippen LogP contribution in [0.4, 0.5) is 4.79 Å². The molecule has 152 valence electrons. The standard InChI is InChI=1S/C19H18N4O4S.ClH/c1-19(22-13-7-8-15(26-2)20-16(13)23-19)10-27-12-5-3-11(4-6-12)9-14-17(24)21-18(25)28-14;/h3-8,14H,9-10H2,1-2H3,(H,21,24,25);1H. The molecular formula is C19H19ClN4O4S. The first-order valence-corrected chi connectivity index (χ1v) is 9.56. The lowest BCUT2D eigenvalue weighted by atomic mass is 10.1. The Bertz CT molecular complexity index is 1060. The van der Waals surface area contributed by atoms with Crippen LogP contribution < -0.4 is 25.6 Å². The second-order valence-electron chi connectivity index (χ2n) is 6.66. The van der Waals surface area contributed by atoms with Crippen molar-refractivity contribution in [2.45, 2.75) is 24.3 Å². The number of benzene rings is 1. The van der Waals surface area contributed by atoms with E-state index in [0.29, 0.717) is 28.9 Å². The topological polar surface area (TPSA) is 102 Å². The molecule has 2 aliphatic rings. The minimum absolute atomic E-state index is 0. The summed E-state index contributed by atoms with van der Waals surface area (Å²) in [6.07, 6.45) is 0.494. The maximum Gasteiger partial charge on any atom is 0.286 e. The molecule has 2 aromatic rings. The zero-order valence-electron chi connectivity index (χ0n) is 15.7. The Hall–Kier alpha value is -2.65. The lowest BCUT2D eigenvalue weighted by Crippen LogP contribution is -2.27. The van der Waals surface area contributed by atoms with E-state index in [2.05, 4.69) is 20.3 Å². The van der Waals surface area contributed by atoms with Crippen molar-refractivity contribution < 1.29 is 19.1 Å². The smallest absolute Gasteiger partial charge is 0.286 e. The minimum atomic E-state index is -0.751. The molecule has 1 aromatic carbocycles. The van der Waals surface area contributed by atoms with E-state index in [1.54, 1.807) is 13.2 Å². The summed E-state index contributed by atoms with van der Waals surface area (Å²) in [6, 6.07) is 11.0. The number of fused-ring (bicyclic) bond motifs is 1. The van der Waals surface area contributed by atoms with Crippen LogP contribution in [-0.2, 0) is 11.2 Å². The van der Waals surface area contributed by atoms with Gasteiger partial charge in [0.2, 0.25) is 11.8 Å². The van der Waals surface area contributed by atoms with Gasteiger partial charge < -0.3 is 9.47 Å². The van der Waals surface area contributed by atoms with Crippen molar-refractivity contribution in [3.63, 3.8) is 0 Å². The third kappa shape index (κ3) is 4.68. The number of carbonyl (C=O) groups excluding carboxylic acids is 2. The molecule has 1 aromatic heterocycles. The highest BCUT2D eigenvalue weighted by Gasteiger charge is 2.31. The molecule has 4 rings (SSSR count). The van der Waals surface area contributed by atoms with Crippen LogP contribution in [0, 0.1) is 0 Å². The lowest BCUT2D eigenvalue weighted by Gasteiger charge is -2.18. The lowest BCUT2D eigenvalue weighted by molar-refractivity contribution is -0.118. The Morgan fingerprint density at radius 3 is 2.55 bits per heavy atom. The average molecular weight is 435 g/mol. The van der Waals surface area contributed by atoms with Gasteiger partial charge in [0.1, 0.15) is 17.7 Å². The number of pyridine rings is 1. The normalized spacial score (nSPS) is 22.1. The Morgan fingerprint density at radius 2 is 1.90 bits per heavy atom. The van der Waals surface area contributed by atoms with Crippen LogP contribution in [-0.4, -0.2) is 40.8 Å². The molecule has 0 radical (unpaired) electrons. The number of amides is 2. The summed E-state index contributed by atoms with van der Waals surface area (Å²) < 4.78 is 11.0. The van der Waals surface area contributed by atoms with Crippen molar-refractivity contribution in [3.8, 4) is 11.6 Å². The highest BCUT2D eigenvalue weighted by Crippen LogP contribution is 2.24. The number of thioether (sulfide) groups is 1. The number of carbonyl (C=O) groups is 2. The van der Waals surface area contributed by atoms with Crippen LogP contribution in [0.2, 0.25) is 0 Å². The Balaban J connectivity index is 0.00000240. The number of hydrogen-bond donors (Lipinski definition) is 1. The number of nitrogens with zero attached hydrogens (tertiary/aromatic N) is 3. The number of halogens is 1. The van der Waals surface area contributed by atoms with Gasteiger partial charge >= 0.3 is 0 Å². The van der Waals surface area contributed by atoms with E-state index in [-0.39, 0.29) is 35.4 Å². The van der Waals surface area contributed by atoms with Gasteiger partial charge in [0.25, 0.3) is 5.24 Å². The fourth-order valence-corrected chi connectivity index (χ4v) is 3.83. The predicted octanol–water partition coefficient (Wildman–Crippen LogP) is 1.45. The van der Waals surface area contributed by atoms with Crippen LogP contribution >= 0.6 is 24.2 Å². The molecule has 3 heterocycles. The van der Waals surface area contributed by atoms with E-state index >= 15 is 0 Å². The molecular weight excluding hydrogens is 416 g/mol. The molecule has 29 heavy (non-hydrogen) atoms. The van der Waals surface area contributed by atoms with Gasteiger partial charge in [0, 0.05) is 6.07 Å². The first kappa shape index (κ1) is 21.1. The van der Waals surface area contributed by atoms with Crippen molar-refractivity contribution in [2.24, 2.45) is 9.98 Å². The Labute approximate surface area is 177 Å². The van der Waals surface area contributed by atoms with Crippen LogP contribution in [0.1, 0.15) is 12.5 Å². The zero-order chi connectivity index (χ0) is 19.7. The molecule has 0 bridgehead atoms. The van der Waals surface area contributed by atoms with Crippen LogP contribution in [0.3, 0.4) is 0 Å². The number of methoxy groups -OCH3 is 1. The maximum atomic E-state index is 11.7. The zero-order valence-corrected chi connectivity index (χ0v) is 17.4. The number of aromatic nitrogens is 1. The summed E-state index contributed by atoms with van der Waals surface area (Å²) in [5.41, 5.74) is 0.752. The summed E-state index contributed by atoms with van der Waals surface area (Å²) in [5, 5.41) is 2.34. The van der Waals surface area contributed by atoms with Gasteiger partial charge in [-0.2, -0.15) is 4.98 Å². The summed E-state index contributed by atoms with van der Waals surface area (Å²) in [6.45, 7) is 2.14. The summed E-state index contributed by atoms with van der Waals surface area (Å²) in [7, 11) is 1.56. The highest BCUT2D eigenvalue weighted by molar-refractivity contribution is 8.15. The summed E-state index contributed by atoms with van der Waals surface area (Å²) >= 11 is 1.03. The molecule has 8 nitrogen and oxygen atoms in total. The number of nitrogens with one attached hydrogen (secondary N) is 1. The van der Waals surface area contributed by atoms with E-state index in [0.717, 1.165) is 17.3 Å². The monoisotopic (exact) mass is 434 g/mol. The Kier molecular flexibility index (Phi) is 6.09. The van der Waals surface area contributed by atoms with Gasteiger partial charge in [0.15, 0.2) is 11.2 Å². The van der Waals surface area contributed by atoms with Crippen molar-refractivity contribution in [1.82, 2.24) is 10.3 Å². The van der Waals surface area contributed by atoms with Crippen LogP contribution in [0.15, 0.2) is 46.4 Å².